The van der Waals surface area contributed by atoms with E-state index in [1.165, 1.54) is 6.42 Å². The van der Waals surface area contributed by atoms with Crippen LogP contribution in [-0.4, -0.2) is 49.2 Å². The summed E-state index contributed by atoms with van der Waals surface area (Å²) in [4.78, 5) is 36.2. The number of ether oxygens (including phenoxy) is 3. The van der Waals surface area contributed by atoms with Gasteiger partial charge in [0.05, 0.1) is 10.1 Å². The monoisotopic (exact) mass is 474 g/mol. The van der Waals surface area contributed by atoms with Gasteiger partial charge >= 0.3 is 12.0 Å². The van der Waals surface area contributed by atoms with Gasteiger partial charge in [-0.25, -0.2) is 9.59 Å². The normalized spacial score (nSPS) is 15.5. The molecule has 8 nitrogen and oxygen atoms in total. The highest BCUT2D eigenvalue weighted by Gasteiger charge is 2.18. The Labute approximate surface area is 193 Å². The lowest BCUT2D eigenvalue weighted by molar-refractivity contribution is -0.123. The number of hydrogen-bond acceptors (Lipinski definition) is 8. The van der Waals surface area contributed by atoms with Crippen molar-refractivity contribution in [1.82, 2.24) is 5.32 Å². The molecular formula is C22H22N2O6S2. The van der Waals surface area contributed by atoms with Crippen LogP contribution in [0.25, 0.3) is 0 Å². The van der Waals surface area contributed by atoms with E-state index in [9.17, 15) is 14.4 Å². The van der Waals surface area contributed by atoms with E-state index in [0.29, 0.717) is 40.5 Å². The highest BCUT2D eigenvalue weighted by Crippen LogP contribution is 2.43. The van der Waals surface area contributed by atoms with Crippen LogP contribution in [0, 0.1) is 0 Å². The fourth-order valence-corrected chi connectivity index (χ4v) is 6.01. The quantitative estimate of drug-likeness (QED) is 0.631. The Bertz CT molecular complexity index is 992. The number of imide groups is 1. The first-order valence-corrected chi connectivity index (χ1v) is 12.2. The number of urea groups is 1. The zero-order valence-corrected chi connectivity index (χ0v) is 18.8. The van der Waals surface area contributed by atoms with E-state index in [2.05, 4.69) is 10.6 Å². The van der Waals surface area contributed by atoms with Crippen molar-refractivity contribution in [2.45, 2.75) is 11.0 Å². The summed E-state index contributed by atoms with van der Waals surface area (Å²) in [6, 6.07) is 11.4. The van der Waals surface area contributed by atoms with Crippen LogP contribution in [0.3, 0.4) is 0 Å². The molecule has 0 radical (unpaired) electrons. The molecule has 1 fully saturated rings. The lowest BCUT2D eigenvalue weighted by atomic mass is 10.1. The fraction of sp³-hybridized carbons (Fsp3) is 0.318. The highest BCUT2D eigenvalue weighted by atomic mass is 32.2. The molecule has 32 heavy (non-hydrogen) atoms. The Morgan fingerprint density at radius 2 is 1.69 bits per heavy atom. The van der Waals surface area contributed by atoms with Gasteiger partial charge in [0.25, 0.3) is 5.91 Å². The van der Waals surface area contributed by atoms with Crippen LogP contribution in [0.2, 0.25) is 0 Å². The van der Waals surface area contributed by atoms with Crippen molar-refractivity contribution >= 4 is 47.1 Å². The standard InChI is InChI=1S/C22H22N2O6S2/c25-19(24-22(27)23-16-6-7-17-18(12-16)29-9-8-28-17)13-30-20(26)14-2-4-15(5-3-14)21-31-10-1-11-32-21/h2-7,12,21H,1,8-11,13H2,(H2,23,24,25,27). The second-order valence-electron chi connectivity index (χ2n) is 6.99. The predicted octanol–water partition coefficient (Wildman–Crippen LogP) is 3.83. The van der Waals surface area contributed by atoms with Gasteiger partial charge in [-0.1, -0.05) is 12.1 Å². The minimum Gasteiger partial charge on any atom is -0.486 e. The predicted molar refractivity (Wildman–Crippen MR) is 124 cm³/mol. The average molecular weight is 475 g/mol. The Balaban J connectivity index is 1.22. The Morgan fingerprint density at radius 1 is 0.969 bits per heavy atom. The van der Waals surface area contributed by atoms with E-state index in [1.54, 1.807) is 30.3 Å². The first kappa shape index (κ1) is 22.3. The number of rotatable bonds is 5. The van der Waals surface area contributed by atoms with E-state index in [1.807, 2.05) is 35.7 Å². The Hall–Kier alpha value is -2.85. The average Bonchev–Trinajstić information content (AvgIpc) is 2.83. The van der Waals surface area contributed by atoms with Crippen LogP contribution in [0.5, 0.6) is 11.5 Å². The third-order valence-corrected chi connectivity index (χ3v) is 7.65. The molecule has 2 aliphatic heterocycles. The third-order valence-electron chi connectivity index (χ3n) is 4.63. The summed E-state index contributed by atoms with van der Waals surface area (Å²) in [6.07, 6.45) is 1.22. The minimum atomic E-state index is -0.741. The van der Waals surface area contributed by atoms with Crippen LogP contribution < -0.4 is 20.1 Å². The molecule has 2 aliphatic rings. The van der Waals surface area contributed by atoms with Crippen LogP contribution in [0.1, 0.15) is 26.9 Å². The maximum atomic E-state index is 12.2. The number of anilines is 1. The van der Waals surface area contributed by atoms with Crippen LogP contribution in [-0.2, 0) is 9.53 Å². The Morgan fingerprint density at radius 3 is 2.44 bits per heavy atom. The van der Waals surface area contributed by atoms with Crippen molar-refractivity contribution in [3.05, 3.63) is 53.6 Å². The molecule has 2 heterocycles. The molecule has 10 heteroatoms. The SMILES string of the molecule is O=C(COC(=O)c1ccc(C2SCCCS2)cc1)NC(=O)Nc1ccc2c(c1)OCCO2. The number of hydrogen-bond donors (Lipinski definition) is 2. The molecule has 3 amide bonds. The van der Waals surface area contributed by atoms with Crippen LogP contribution >= 0.6 is 23.5 Å². The van der Waals surface area contributed by atoms with E-state index >= 15 is 0 Å². The zero-order chi connectivity index (χ0) is 22.3. The summed E-state index contributed by atoms with van der Waals surface area (Å²) in [5.41, 5.74) is 1.95. The molecular weight excluding hydrogens is 452 g/mol. The summed E-state index contributed by atoms with van der Waals surface area (Å²) in [6.45, 7) is 0.327. The fourth-order valence-electron chi connectivity index (χ4n) is 3.12. The van der Waals surface area contributed by atoms with Gasteiger partial charge < -0.3 is 19.5 Å². The summed E-state index contributed by atoms with van der Waals surface area (Å²) in [7, 11) is 0. The van der Waals surface area contributed by atoms with E-state index < -0.39 is 24.5 Å². The first-order chi connectivity index (χ1) is 15.6. The largest absolute Gasteiger partial charge is 0.486 e. The highest BCUT2D eigenvalue weighted by molar-refractivity contribution is 8.16. The van der Waals surface area contributed by atoms with Gasteiger partial charge in [0.1, 0.15) is 13.2 Å². The van der Waals surface area contributed by atoms with Gasteiger partial charge in [0, 0.05) is 11.8 Å². The molecule has 0 atom stereocenters. The van der Waals surface area contributed by atoms with Crippen molar-refractivity contribution in [2.24, 2.45) is 0 Å². The molecule has 4 rings (SSSR count). The number of nitrogens with one attached hydrogen (secondary N) is 2. The summed E-state index contributed by atoms with van der Waals surface area (Å²) in [5.74, 6) is 2.02. The molecule has 2 aromatic carbocycles. The summed E-state index contributed by atoms with van der Waals surface area (Å²) >= 11 is 3.80. The second kappa shape index (κ2) is 10.6. The van der Waals surface area contributed by atoms with Gasteiger partial charge in [0.2, 0.25) is 0 Å². The number of fused-ring (bicyclic) bond motifs is 1. The van der Waals surface area contributed by atoms with Gasteiger partial charge in [0.15, 0.2) is 18.1 Å². The van der Waals surface area contributed by atoms with Crippen LogP contribution in [0.4, 0.5) is 10.5 Å². The number of carbonyl (C=O) groups excluding carboxylic acids is 3. The van der Waals surface area contributed by atoms with Crippen molar-refractivity contribution in [3.63, 3.8) is 0 Å². The minimum absolute atomic E-state index is 0.355. The molecule has 0 unspecified atom stereocenters. The summed E-state index contributed by atoms with van der Waals surface area (Å²) < 4.78 is 16.3. The second-order valence-corrected chi connectivity index (χ2v) is 9.71. The van der Waals surface area contributed by atoms with Crippen molar-refractivity contribution in [2.75, 3.05) is 36.6 Å². The van der Waals surface area contributed by atoms with Crippen LogP contribution in [0.15, 0.2) is 42.5 Å². The Kier molecular flexibility index (Phi) is 7.43. The van der Waals surface area contributed by atoms with E-state index in [0.717, 1.165) is 17.1 Å². The zero-order valence-electron chi connectivity index (χ0n) is 17.1. The third kappa shape index (κ3) is 5.89. The number of benzene rings is 2. The molecule has 0 spiro atoms. The molecule has 0 bridgehead atoms. The van der Waals surface area contributed by atoms with E-state index in [4.69, 9.17) is 14.2 Å². The van der Waals surface area contributed by atoms with Gasteiger partial charge in [-0.3, -0.25) is 10.1 Å². The molecule has 0 aliphatic carbocycles. The van der Waals surface area contributed by atoms with Crippen molar-refractivity contribution in [3.8, 4) is 11.5 Å². The van der Waals surface area contributed by atoms with Gasteiger partial charge in [-0.15, -0.1) is 23.5 Å². The van der Waals surface area contributed by atoms with E-state index in [-0.39, 0.29) is 0 Å². The summed E-state index contributed by atoms with van der Waals surface area (Å²) in [5, 5.41) is 4.65. The number of amides is 3. The smallest absolute Gasteiger partial charge is 0.338 e. The van der Waals surface area contributed by atoms with Gasteiger partial charge in [-0.2, -0.15) is 0 Å². The molecule has 0 saturated carbocycles. The lowest BCUT2D eigenvalue weighted by Gasteiger charge is -2.21. The number of carbonyl (C=O) groups is 3. The molecule has 0 aromatic heterocycles. The molecule has 1 saturated heterocycles. The first-order valence-electron chi connectivity index (χ1n) is 10.1. The maximum Gasteiger partial charge on any atom is 0.338 e. The molecule has 168 valence electrons. The maximum absolute atomic E-state index is 12.2. The topological polar surface area (TPSA) is 103 Å². The molecule has 2 aromatic rings. The molecule has 2 N–H and O–H groups in total. The van der Waals surface area contributed by atoms with Crippen molar-refractivity contribution < 1.29 is 28.6 Å². The lowest BCUT2D eigenvalue weighted by Crippen LogP contribution is -2.37. The van der Waals surface area contributed by atoms with Crippen molar-refractivity contribution in [1.29, 1.82) is 0 Å². The number of esters is 1. The number of thioether (sulfide) groups is 2. The van der Waals surface area contributed by atoms with Gasteiger partial charge in [-0.05, 0) is 47.8 Å².